The van der Waals surface area contributed by atoms with Gasteiger partial charge in [0, 0.05) is 36.6 Å². The van der Waals surface area contributed by atoms with Crippen molar-refractivity contribution in [2.24, 2.45) is 0 Å². The third-order valence-electron chi connectivity index (χ3n) is 5.82. The van der Waals surface area contributed by atoms with Gasteiger partial charge in [0.1, 0.15) is 11.5 Å². The summed E-state index contributed by atoms with van der Waals surface area (Å²) in [4.78, 5) is 12.8. The average Bonchev–Trinajstić information content (AvgIpc) is 3.17. The van der Waals surface area contributed by atoms with E-state index in [4.69, 9.17) is 25.8 Å². The van der Waals surface area contributed by atoms with Crippen LogP contribution in [0, 0.1) is 0 Å². The maximum atomic E-state index is 12.8. The van der Waals surface area contributed by atoms with Gasteiger partial charge in [-0.2, -0.15) is 0 Å². The van der Waals surface area contributed by atoms with Gasteiger partial charge in [-0.15, -0.1) is 0 Å². The number of nitrogens with one attached hydrogen (secondary N) is 1. The zero-order valence-corrected chi connectivity index (χ0v) is 17.3. The number of amides is 1. The van der Waals surface area contributed by atoms with E-state index in [0.717, 1.165) is 29.9 Å². The van der Waals surface area contributed by atoms with Gasteiger partial charge in [-0.05, 0) is 61.2 Å². The van der Waals surface area contributed by atoms with Gasteiger partial charge in [0.15, 0.2) is 6.10 Å². The first kappa shape index (κ1) is 20.0. The van der Waals surface area contributed by atoms with Crippen LogP contribution in [0.1, 0.15) is 30.9 Å². The molecule has 1 unspecified atom stereocenters. The first-order chi connectivity index (χ1) is 14.1. The summed E-state index contributed by atoms with van der Waals surface area (Å²) in [5.74, 6) is 1.51. The summed E-state index contributed by atoms with van der Waals surface area (Å²) in [5.41, 5.74) is 2.03. The predicted molar refractivity (Wildman–Crippen MR) is 112 cm³/mol. The Labute approximate surface area is 176 Å². The summed E-state index contributed by atoms with van der Waals surface area (Å²) < 4.78 is 17.0. The van der Waals surface area contributed by atoms with Gasteiger partial charge in [-0.25, -0.2) is 0 Å². The molecular formula is C23H26ClNO4. The van der Waals surface area contributed by atoms with Crippen LogP contribution in [0.4, 0.5) is 0 Å². The van der Waals surface area contributed by atoms with Crippen LogP contribution in [0.15, 0.2) is 42.5 Å². The van der Waals surface area contributed by atoms with E-state index in [1.54, 1.807) is 6.07 Å². The SMILES string of the molecule is CCOc1ccc(C2(CNC(=O)C3Cc4cc(Cl)ccc4O3)CCOCC2)cc1. The van der Waals surface area contributed by atoms with Crippen LogP contribution in [-0.2, 0) is 21.4 Å². The molecule has 1 saturated heterocycles. The Bertz CT molecular complexity index is 862. The van der Waals surface area contributed by atoms with Crippen LogP contribution in [0.2, 0.25) is 5.02 Å². The first-order valence-electron chi connectivity index (χ1n) is 10.1. The molecule has 4 rings (SSSR count). The summed E-state index contributed by atoms with van der Waals surface area (Å²) in [7, 11) is 0. The van der Waals surface area contributed by atoms with Gasteiger partial charge in [0.25, 0.3) is 5.91 Å². The number of benzene rings is 2. The van der Waals surface area contributed by atoms with Crippen LogP contribution < -0.4 is 14.8 Å². The second-order valence-electron chi connectivity index (χ2n) is 7.63. The number of rotatable bonds is 6. The van der Waals surface area contributed by atoms with E-state index in [1.165, 1.54) is 5.56 Å². The Morgan fingerprint density at radius 3 is 2.69 bits per heavy atom. The smallest absolute Gasteiger partial charge is 0.261 e. The Balaban J connectivity index is 1.44. The summed E-state index contributed by atoms with van der Waals surface area (Å²) in [6.45, 7) is 4.55. The topological polar surface area (TPSA) is 56.8 Å². The molecule has 1 fully saturated rings. The molecule has 1 atom stereocenters. The molecule has 0 bridgehead atoms. The van der Waals surface area contributed by atoms with Crippen LogP contribution >= 0.6 is 11.6 Å². The molecule has 0 spiro atoms. The zero-order chi connectivity index (χ0) is 20.3. The highest BCUT2D eigenvalue weighted by Crippen LogP contribution is 2.36. The fourth-order valence-corrected chi connectivity index (χ4v) is 4.33. The number of ether oxygens (including phenoxy) is 3. The number of fused-ring (bicyclic) bond motifs is 1. The maximum absolute atomic E-state index is 12.8. The molecule has 2 aliphatic rings. The highest BCUT2D eigenvalue weighted by atomic mass is 35.5. The Hall–Kier alpha value is -2.24. The standard InChI is InChI=1S/C23H26ClNO4/c1-2-28-19-6-3-17(4-7-19)23(9-11-27-12-10-23)15-25-22(26)21-14-16-13-18(24)5-8-20(16)29-21/h3-8,13,21H,2,9-12,14-15H2,1H3,(H,25,26). The molecule has 2 aromatic rings. The maximum Gasteiger partial charge on any atom is 0.261 e. The minimum atomic E-state index is -0.513. The molecule has 0 aliphatic carbocycles. The Kier molecular flexibility index (Phi) is 5.97. The Morgan fingerprint density at radius 1 is 1.21 bits per heavy atom. The molecule has 2 heterocycles. The first-order valence-corrected chi connectivity index (χ1v) is 10.5. The van der Waals surface area contributed by atoms with Crippen molar-refractivity contribution in [1.29, 1.82) is 0 Å². The van der Waals surface area contributed by atoms with Gasteiger partial charge in [0.2, 0.25) is 0 Å². The van der Waals surface area contributed by atoms with Crippen LogP contribution in [-0.4, -0.2) is 38.4 Å². The largest absolute Gasteiger partial charge is 0.494 e. The molecule has 154 valence electrons. The zero-order valence-electron chi connectivity index (χ0n) is 16.6. The minimum Gasteiger partial charge on any atom is -0.494 e. The number of hydrogen-bond acceptors (Lipinski definition) is 4. The highest BCUT2D eigenvalue weighted by molar-refractivity contribution is 6.30. The van der Waals surface area contributed by atoms with Crippen LogP contribution in [0.25, 0.3) is 0 Å². The average molecular weight is 416 g/mol. The van der Waals surface area contributed by atoms with Crippen LogP contribution in [0.5, 0.6) is 11.5 Å². The molecule has 0 aromatic heterocycles. The van der Waals surface area contributed by atoms with Gasteiger partial charge in [-0.3, -0.25) is 4.79 Å². The van der Waals surface area contributed by atoms with E-state index < -0.39 is 6.10 Å². The molecule has 2 aromatic carbocycles. The Morgan fingerprint density at radius 2 is 1.97 bits per heavy atom. The van der Waals surface area contributed by atoms with E-state index in [2.05, 4.69) is 17.4 Å². The molecule has 6 heteroatoms. The third kappa shape index (κ3) is 4.36. The highest BCUT2D eigenvalue weighted by Gasteiger charge is 2.36. The number of carbonyl (C=O) groups excluding carboxylic acids is 1. The van der Waals surface area contributed by atoms with Crippen molar-refractivity contribution >= 4 is 17.5 Å². The van der Waals surface area contributed by atoms with E-state index >= 15 is 0 Å². The normalized spacial score (nSPS) is 19.9. The second kappa shape index (κ2) is 8.64. The lowest BCUT2D eigenvalue weighted by Gasteiger charge is -2.38. The van der Waals surface area contributed by atoms with Gasteiger partial charge < -0.3 is 19.5 Å². The van der Waals surface area contributed by atoms with Gasteiger partial charge in [-0.1, -0.05) is 23.7 Å². The monoisotopic (exact) mass is 415 g/mol. The summed E-state index contributed by atoms with van der Waals surface area (Å²) in [6.07, 6.45) is 1.76. The van der Waals surface area contributed by atoms with Crippen molar-refractivity contribution in [3.63, 3.8) is 0 Å². The van der Waals surface area contributed by atoms with E-state index in [1.807, 2.05) is 31.2 Å². The summed E-state index contributed by atoms with van der Waals surface area (Å²) >= 11 is 6.05. The van der Waals surface area contributed by atoms with Crippen molar-refractivity contribution < 1.29 is 19.0 Å². The molecule has 0 saturated carbocycles. The molecule has 1 amide bonds. The fraction of sp³-hybridized carbons (Fsp3) is 0.435. The number of carbonyl (C=O) groups is 1. The molecule has 5 nitrogen and oxygen atoms in total. The minimum absolute atomic E-state index is 0.0888. The van der Waals surface area contributed by atoms with Crippen molar-refractivity contribution in [3.05, 3.63) is 58.6 Å². The van der Waals surface area contributed by atoms with Crippen molar-refractivity contribution in [1.82, 2.24) is 5.32 Å². The van der Waals surface area contributed by atoms with E-state index in [0.29, 0.717) is 37.8 Å². The third-order valence-corrected chi connectivity index (χ3v) is 6.05. The van der Waals surface area contributed by atoms with E-state index in [-0.39, 0.29) is 11.3 Å². The lowest BCUT2D eigenvalue weighted by molar-refractivity contribution is -0.127. The summed E-state index contributed by atoms with van der Waals surface area (Å²) in [6, 6.07) is 13.7. The number of halogens is 1. The molecule has 1 N–H and O–H groups in total. The van der Waals surface area contributed by atoms with Crippen molar-refractivity contribution in [3.8, 4) is 11.5 Å². The van der Waals surface area contributed by atoms with Gasteiger partial charge in [0.05, 0.1) is 6.61 Å². The van der Waals surface area contributed by atoms with Gasteiger partial charge >= 0.3 is 0 Å². The molecule has 29 heavy (non-hydrogen) atoms. The number of hydrogen-bond donors (Lipinski definition) is 1. The van der Waals surface area contributed by atoms with Crippen molar-refractivity contribution in [2.75, 3.05) is 26.4 Å². The lowest BCUT2D eigenvalue weighted by atomic mass is 9.74. The lowest BCUT2D eigenvalue weighted by Crippen LogP contribution is -2.47. The fourth-order valence-electron chi connectivity index (χ4n) is 4.13. The van der Waals surface area contributed by atoms with E-state index in [9.17, 15) is 4.79 Å². The van der Waals surface area contributed by atoms with Crippen molar-refractivity contribution in [2.45, 2.75) is 37.7 Å². The quantitative estimate of drug-likeness (QED) is 0.777. The second-order valence-corrected chi connectivity index (χ2v) is 8.07. The summed E-state index contributed by atoms with van der Waals surface area (Å²) in [5, 5.41) is 3.80. The molecule has 0 radical (unpaired) electrons. The predicted octanol–water partition coefficient (Wildman–Crippen LogP) is 3.91. The molecule has 2 aliphatic heterocycles. The molecular weight excluding hydrogens is 390 g/mol. The van der Waals surface area contributed by atoms with Crippen LogP contribution in [0.3, 0.4) is 0 Å².